The topological polar surface area (TPSA) is 94.6 Å². The standard InChI is InChI=1S/C30H34N8O/c1-2-11-38(12-3-1)27-8-6-7-24-29(27)36-30(35-24)28-23-16-25(32-19-26(23)33-20-34-28)21-15-22(18-31-17-21)39-14-13-37-9-4-5-10-37/h6-8,15-19,33H,1-5,9-14,20H2,(H,35,36). The van der Waals surface area contributed by atoms with Gasteiger partial charge in [-0.25, -0.2) is 4.98 Å². The van der Waals surface area contributed by atoms with Gasteiger partial charge in [0.1, 0.15) is 30.3 Å². The first kappa shape index (κ1) is 24.1. The van der Waals surface area contributed by atoms with Crippen molar-refractivity contribution < 1.29 is 4.74 Å². The molecule has 3 aliphatic rings. The number of ether oxygens (including phenoxy) is 1. The van der Waals surface area contributed by atoms with E-state index in [9.17, 15) is 0 Å². The number of aromatic nitrogens is 4. The SMILES string of the molecule is c1cc(N2CCCCC2)c2nc(C3=NCNc4cnc(-c5cncc(OCCN6CCCC6)c5)cc43)[nH]c2c1. The van der Waals surface area contributed by atoms with Crippen LogP contribution in [0.3, 0.4) is 0 Å². The van der Waals surface area contributed by atoms with E-state index < -0.39 is 0 Å². The molecule has 2 N–H and O–H groups in total. The summed E-state index contributed by atoms with van der Waals surface area (Å²) < 4.78 is 6.04. The molecular weight excluding hydrogens is 488 g/mol. The van der Waals surface area contributed by atoms with E-state index in [-0.39, 0.29) is 0 Å². The number of rotatable bonds is 7. The Morgan fingerprint density at radius 3 is 2.69 bits per heavy atom. The molecule has 0 aliphatic carbocycles. The number of fused-ring (bicyclic) bond motifs is 2. The largest absolute Gasteiger partial charge is 0.491 e. The number of hydrogen-bond donors (Lipinski definition) is 2. The summed E-state index contributed by atoms with van der Waals surface area (Å²) in [5.41, 5.74) is 7.76. The fourth-order valence-corrected chi connectivity index (χ4v) is 5.90. The van der Waals surface area contributed by atoms with Crippen molar-refractivity contribution in [3.8, 4) is 17.0 Å². The third-order valence-corrected chi connectivity index (χ3v) is 7.96. The van der Waals surface area contributed by atoms with Crippen LogP contribution >= 0.6 is 0 Å². The summed E-state index contributed by atoms with van der Waals surface area (Å²) in [5.74, 6) is 1.55. The molecule has 0 unspecified atom stereocenters. The highest BCUT2D eigenvalue weighted by Crippen LogP contribution is 2.31. The molecule has 0 saturated carbocycles. The minimum absolute atomic E-state index is 0.487. The zero-order valence-corrected chi connectivity index (χ0v) is 22.2. The van der Waals surface area contributed by atoms with Crippen molar-refractivity contribution in [2.24, 2.45) is 4.99 Å². The lowest BCUT2D eigenvalue weighted by molar-refractivity contribution is 0.237. The van der Waals surface area contributed by atoms with E-state index in [2.05, 4.69) is 49.4 Å². The summed E-state index contributed by atoms with van der Waals surface area (Å²) in [4.78, 5) is 27.5. The summed E-state index contributed by atoms with van der Waals surface area (Å²) in [7, 11) is 0. The van der Waals surface area contributed by atoms with Crippen molar-refractivity contribution in [2.75, 3.05) is 56.2 Å². The van der Waals surface area contributed by atoms with Crippen molar-refractivity contribution in [3.63, 3.8) is 0 Å². The van der Waals surface area contributed by atoms with Gasteiger partial charge in [0, 0.05) is 37.0 Å². The van der Waals surface area contributed by atoms with Crippen molar-refractivity contribution in [1.29, 1.82) is 0 Å². The van der Waals surface area contributed by atoms with Crippen molar-refractivity contribution in [2.45, 2.75) is 32.1 Å². The van der Waals surface area contributed by atoms with Gasteiger partial charge in [0.15, 0.2) is 5.82 Å². The minimum Gasteiger partial charge on any atom is -0.491 e. The molecule has 2 saturated heterocycles. The second kappa shape index (κ2) is 10.6. The zero-order valence-electron chi connectivity index (χ0n) is 22.2. The van der Waals surface area contributed by atoms with Gasteiger partial charge in [0.25, 0.3) is 0 Å². The number of para-hydroxylation sites is 1. The number of aromatic amines is 1. The number of benzene rings is 1. The predicted molar refractivity (Wildman–Crippen MR) is 155 cm³/mol. The molecule has 3 aliphatic heterocycles. The molecule has 39 heavy (non-hydrogen) atoms. The first-order valence-electron chi connectivity index (χ1n) is 14.2. The molecule has 1 aromatic carbocycles. The van der Waals surface area contributed by atoms with Crippen LogP contribution in [0.5, 0.6) is 5.75 Å². The molecule has 0 spiro atoms. The third kappa shape index (κ3) is 4.94. The van der Waals surface area contributed by atoms with Crippen LogP contribution in [0, 0.1) is 0 Å². The predicted octanol–water partition coefficient (Wildman–Crippen LogP) is 4.71. The number of anilines is 2. The van der Waals surface area contributed by atoms with Crippen LogP contribution in [-0.2, 0) is 0 Å². The molecule has 3 aromatic heterocycles. The lowest BCUT2D eigenvalue weighted by Gasteiger charge is -2.28. The Morgan fingerprint density at radius 2 is 1.79 bits per heavy atom. The van der Waals surface area contributed by atoms with Gasteiger partial charge in [0.05, 0.1) is 35.0 Å². The first-order chi connectivity index (χ1) is 19.3. The molecular formula is C30H34N8O. The maximum Gasteiger partial charge on any atom is 0.157 e. The van der Waals surface area contributed by atoms with Crippen LogP contribution in [0.1, 0.15) is 43.5 Å². The smallest absolute Gasteiger partial charge is 0.157 e. The van der Waals surface area contributed by atoms with Gasteiger partial charge in [-0.2, -0.15) is 0 Å². The molecule has 200 valence electrons. The molecule has 0 bridgehead atoms. The second-order valence-corrected chi connectivity index (χ2v) is 10.6. The Hall–Kier alpha value is -3.98. The number of pyridine rings is 2. The number of aliphatic imine (C=N–C) groups is 1. The van der Waals surface area contributed by atoms with Gasteiger partial charge in [-0.15, -0.1) is 0 Å². The zero-order chi connectivity index (χ0) is 26.0. The van der Waals surface area contributed by atoms with Gasteiger partial charge in [-0.1, -0.05) is 6.07 Å². The molecule has 9 nitrogen and oxygen atoms in total. The Morgan fingerprint density at radius 1 is 0.923 bits per heavy atom. The van der Waals surface area contributed by atoms with E-state index in [0.29, 0.717) is 13.3 Å². The maximum absolute atomic E-state index is 6.04. The highest BCUT2D eigenvalue weighted by molar-refractivity contribution is 6.16. The van der Waals surface area contributed by atoms with Crippen LogP contribution in [0.15, 0.2) is 53.9 Å². The Labute approximate surface area is 228 Å². The number of H-pyrrole nitrogens is 1. The number of nitrogens with zero attached hydrogens (tertiary/aromatic N) is 6. The van der Waals surface area contributed by atoms with Gasteiger partial charge in [-0.05, 0) is 69.5 Å². The van der Waals surface area contributed by atoms with Gasteiger partial charge < -0.3 is 19.9 Å². The molecule has 0 radical (unpaired) electrons. The van der Waals surface area contributed by atoms with Gasteiger partial charge >= 0.3 is 0 Å². The number of piperidine rings is 1. The van der Waals surface area contributed by atoms with Crippen molar-refractivity contribution in [1.82, 2.24) is 24.8 Å². The molecule has 9 heteroatoms. The molecule has 0 atom stereocenters. The Bertz CT molecular complexity index is 1500. The van der Waals surface area contributed by atoms with Gasteiger partial charge in [-0.3, -0.25) is 19.9 Å². The van der Waals surface area contributed by atoms with Crippen LogP contribution in [0.25, 0.3) is 22.3 Å². The van der Waals surface area contributed by atoms with E-state index in [1.54, 1.807) is 6.20 Å². The number of hydrogen-bond acceptors (Lipinski definition) is 8. The van der Waals surface area contributed by atoms with E-state index >= 15 is 0 Å². The van der Waals surface area contributed by atoms with Crippen LogP contribution in [-0.4, -0.2) is 76.5 Å². The highest BCUT2D eigenvalue weighted by atomic mass is 16.5. The third-order valence-electron chi connectivity index (χ3n) is 7.96. The lowest BCUT2D eigenvalue weighted by Crippen LogP contribution is -2.29. The number of nitrogens with one attached hydrogen (secondary N) is 2. The van der Waals surface area contributed by atoms with E-state index in [0.717, 1.165) is 70.5 Å². The summed E-state index contributed by atoms with van der Waals surface area (Å²) >= 11 is 0. The van der Waals surface area contributed by atoms with Crippen LogP contribution in [0.2, 0.25) is 0 Å². The fraction of sp³-hybridized carbons (Fsp3) is 0.400. The monoisotopic (exact) mass is 522 g/mol. The van der Waals surface area contributed by atoms with Crippen molar-refractivity contribution >= 4 is 28.1 Å². The fourth-order valence-electron chi connectivity index (χ4n) is 5.90. The summed E-state index contributed by atoms with van der Waals surface area (Å²) in [6, 6.07) is 10.5. The van der Waals surface area contributed by atoms with E-state index in [1.807, 2.05) is 18.5 Å². The molecule has 7 rings (SSSR count). The average Bonchev–Trinajstić information content (AvgIpc) is 3.67. The number of imidazole rings is 1. The Balaban J connectivity index is 1.16. The number of likely N-dealkylation sites (tertiary alicyclic amines) is 1. The molecule has 6 heterocycles. The van der Waals surface area contributed by atoms with E-state index in [4.69, 9.17) is 19.7 Å². The van der Waals surface area contributed by atoms with Crippen LogP contribution in [0.4, 0.5) is 11.4 Å². The van der Waals surface area contributed by atoms with Gasteiger partial charge in [0.2, 0.25) is 0 Å². The molecule has 0 amide bonds. The molecule has 4 aromatic rings. The normalized spacial score (nSPS) is 17.6. The molecule has 2 fully saturated rings. The second-order valence-electron chi connectivity index (χ2n) is 10.6. The van der Waals surface area contributed by atoms with Crippen LogP contribution < -0.4 is 15.0 Å². The van der Waals surface area contributed by atoms with E-state index in [1.165, 1.54) is 50.9 Å². The Kier molecular flexibility index (Phi) is 6.58. The van der Waals surface area contributed by atoms with Crippen molar-refractivity contribution in [3.05, 3.63) is 60.3 Å². The quantitative estimate of drug-likeness (QED) is 0.363. The summed E-state index contributed by atoms with van der Waals surface area (Å²) in [6.45, 7) is 6.60. The maximum atomic E-state index is 6.04. The highest BCUT2D eigenvalue weighted by Gasteiger charge is 2.22. The minimum atomic E-state index is 0.487. The summed E-state index contributed by atoms with van der Waals surface area (Å²) in [6.07, 6.45) is 11.8. The lowest BCUT2D eigenvalue weighted by atomic mass is 10.0. The summed E-state index contributed by atoms with van der Waals surface area (Å²) in [5, 5.41) is 3.36. The first-order valence-corrected chi connectivity index (χ1v) is 14.2. The average molecular weight is 523 g/mol.